The van der Waals surface area contributed by atoms with Crippen LogP contribution < -0.4 is 4.72 Å². The van der Waals surface area contributed by atoms with E-state index in [1.807, 2.05) is 12.2 Å². The van der Waals surface area contributed by atoms with Crippen molar-refractivity contribution in [3.8, 4) is 0 Å². The van der Waals surface area contributed by atoms with Crippen LogP contribution >= 0.6 is 0 Å². The van der Waals surface area contributed by atoms with Gasteiger partial charge in [0, 0.05) is 6.04 Å². The van der Waals surface area contributed by atoms with E-state index in [1.165, 1.54) is 0 Å². The third-order valence-electron chi connectivity index (χ3n) is 2.62. The Bertz CT molecular complexity index is 319. The van der Waals surface area contributed by atoms with Crippen LogP contribution in [0.15, 0.2) is 12.2 Å². The highest BCUT2D eigenvalue weighted by molar-refractivity contribution is 7.90. The van der Waals surface area contributed by atoms with E-state index < -0.39 is 10.0 Å². The Kier molecular flexibility index (Phi) is 2.90. The summed E-state index contributed by atoms with van der Waals surface area (Å²) < 4.78 is 30.9. The first-order valence-corrected chi connectivity index (χ1v) is 6.49. The molecule has 0 aromatic carbocycles. The maximum absolute atomic E-state index is 11.7. The molecule has 1 aliphatic carbocycles. The average Bonchev–Trinajstić information content (AvgIpc) is 2.00. The van der Waals surface area contributed by atoms with Gasteiger partial charge in [0.2, 0.25) is 10.0 Å². The van der Waals surface area contributed by atoms with Gasteiger partial charge in [0.25, 0.3) is 0 Å². The maximum Gasteiger partial charge on any atom is 0.219 e. The van der Waals surface area contributed by atoms with Crippen LogP contribution in [0.4, 0.5) is 0 Å². The fourth-order valence-corrected chi connectivity index (χ4v) is 2.97. The Balaban J connectivity index is 1.94. The third kappa shape index (κ3) is 2.16. The summed E-state index contributed by atoms with van der Waals surface area (Å²) in [7, 11) is -3.15. The molecular formula is C9H15NO3S. The summed E-state index contributed by atoms with van der Waals surface area (Å²) >= 11 is 0. The lowest BCUT2D eigenvalue weighted by Crippen LogP contribution is -2.49. The van der Waals surface area contributed by atoms with Crippen LogP contribution in [0.25, 0.3) is 0 Å². The first-order chi connectivity index (χ1) is 6.68. The minimum atomic E-state index is -3.15. The summed E-state index contributed by atoms with van der Waals surface area (Å²) in [6.45, 7) is 0.678. The predicted molar refractivity (Wildman–Crippen MR) is 53.4 cm³/mol. The first kappa shape index (κ1) is 10.1. The van der Waals surface area contributed by atoms with E-state index in [4.69, 9.17) is 4.74 Å². The zero-order valence-corrected chi connectivity index (χ0v) is 8.79. The molecule has 80 valence electrons. The zero-order valence-electron chi connectivity index (χ0n) is 7.98. The van der Waals surface area contributed by atoms with Crippen molar-refractivity contribution in [3.63, 3.8) is 0 Å². The highest BCUT2D eigenvalue weighted by atomic mass is 32.2. The Labute approximate surface area is 84.4 Å². The monoisotopic (exact) mass is 217 g/mol. The van der Waals surface area contributed by atoms with Gasteiger partial charge in [0.1, 0.15) is 5.25 Å². The standard InChI is InChI=1S/C9H15NO3S/c11-14(12,9-6-13-7-9)10-8-4-2-1-3-5-8/h2,4,8-10H,1,3,5-7H2. The molecule has 2 aliphatic rings. The van der Waals surface area contributed by atoms with Crippen molar-refractivity contribution in [3.05, 3.63) is 12.2 Å². The molecule has 1 heterocycles. The third-order valence-corrected chi connectivity index (χ3v) is 4.40. The molecule has 0 amide bonds. The summed E-state index contributed by atoms with van der Waals surface area (Å²) in [5, 5.41) is -0.335. The van der Waals surface area contributed by atoms with Crippen LogP contribution in [0.3, 0.4) is 0 Å². The molecular weight excluding hydrogens is 202 g/mol. The number of allylic oxidation sites excluding steroid dienone is 1. The summed E-state index contributed by atoms with van der Waals surface area (Å²) in [4.78, 5) is 0. The average molecular weight is 217 g/mol. The first-order valence-electron chi connectivity index (χ1n) is 4.94. The molecule has 4 nitrogen and oxygen atoms in total. The van der Waals surface area contributed by atoms with Crippen molar-refractivity contribution < 1.29 is 13.2 Å². The minimum Gasteiger partial charge on any atom is -0.378 e. The van der Waals surface area contributed by atoms with Gasteiger partial charge in [-0.25, -0.2) is 13.1 Å². The second-order valence-corrected chi connectivity index (χ2v) is 5.78. The number of nitrogens with one attached hydrogen (secondary N) is 1. The Hall–Kier alpha value is -0.390. The lowest BCUT2D eigenvalue weighted by atomic mass is 10.0. The van der Waals surface area contributed by atoms with Crippen molar-refractivity contribution in [2.75, 3.05) is 13.2 Å². The molecule has 5 heteroatoms. The van der Waals surface area contributed by atoms with Gasteiger partial charge in [0.05, 0.1) is 13.2 Å². The fourth-order valence-electron chi connectivity index (χ4n) is 1.61. The zero-order chi connectivity index (χ0) is 10.0. The minimum absolute atomic E-state index is 0.00523. The molecule has 0 radical (unpaired) electrons. The number of ether oxygens (including phenoxy) is 1. The number of sulfonamides is 1. The fraction of sp³-hybridized carbons (Fsp3) is 0.778. The van der Waals surface area contributed by atoms with E-state index in [2.05, 4.69) is 4.72 Å². The smallest absolute Gasteiger partial charge is 0.219 e. The Morgan fingerprint density at radius 1 is 1.36 bits per heavy atom. The SMILES string of the molecule is O=S(=O)(NC1C=CCCC1)C1COC1. The van der Waals surface area contributed by atoms with E-state index in [1.54, 1.807) is 0 Å². The normalized spacial score (nSPS) is 28.7. The lowest BCUT2D eigenvalue weighted by molar-refractivity contribution is 0.0410. The van der Waals surface area contributed by atoms with Crippen LogP contribution in [0.1, 0.15) is 19.3 Å². The van der Waals surface area contributed by atoms with Crippen LogP contribution in [-0.2, 0) is 14.8 Å². The summed E-state index contributed by atoms with van der Waals surface area (Å²) in [6.07, 6.45) is 7.01. The molecule has 0 bridgehead atoms. The molecule has 0 saturated carbocycles. The van der Waals surface area contributed by atoms with Crippen LogP contribution in [-0.4, -0.2) is 32.9 Å². The van der Waals surface area contributed by atoms with Crippen LogP contribution in [0, 0.1) is 0 Å². The van der Waals surface area contributed by atoms with E-state index in [0.717, 1.165) is 19.3 Å². The molecule has 0 aromatic rings. The van der Waals surface area contributed by atoms with Crippen molar-refractivity contribution in [1.82, 2.24) is 4.72 Å². The summed E-state index contributed by atoms with van der Waals surface area (Å²) in [6, 6.07) is -0.00523. The molecule has 1 fully saturated rings. The predicted octanol–water partition coefficient (Wildman–Crippen LogP) is 0.413. The van der Waals surface area contributed by atoms with E-state index >= 15 is 0 Å². The number of rotatable bonds is 3. The maximum atomic E-state index is 11.7. The molecule has 2 rings (SSSR count). The van der Waals surface area contributed by atoms with Crippen molar-refractivity contribution in [2.24, 2.45) is 0 Å². The van der Waals surface area contributed by atoms with E-state index in [9.17, 15) is 8.42 Å². The van der Waals surface area contributed by atoms with Gasteiger partial charge in [-0.1, -0.05) is 12.2 Å². The molecule has 1 unspecified atom stereocenters. The van der Waals surface area contributed by atoms with Gasteiger partial charge in [-0.05, 0) is 19.3 Å². The Morgan fingerprint density at radius 3 is 2.64 bits per heavy atom. The molecule has 1 N–H and O–H groups in total. The summed E-state index contributed by atoms with van der Waals surface area (Å²) in [5.41, 5.74) is 0. The second-order valence-electron chi connectivity index (χ2n) is 3.79. The van der Waals surface area contributed by atoms with Gasteiger partial charge in [0.15, 0.2) is 0 Å². The molecule has 0 aromatic heterocycles. The largest absolute Gasteiger partial charge is 0.378 e. The van der Waals surface area contributed by atoms with Gasteiger partial charge in [-0.3, -0.25) is 0 Å². The van der Waals surface area contributed by atoms with E-state index in [0.29, 0.717) is 13.2 Å². The Morgan fingerprint density at radius 2 is 2.14 bits per heavy atom. The highest BCUT2D eigenvalue weighted by Gasteiger charge is 2.33. The number of hydrogen-bond donors (Lipinski definition) is 1. The van der Waals surface area contributed by atoms with Gasteiger partial charge < -0.3 is 4.74 Å². The molecule has 1 aliphatic heterocycles. The van der Waals surface area contributed by atoms with Gasteiger partial charge >= 0.3 is 0 Å². The van der Waals surface area contributed by atoms with E-state index in [-0.39, 0.29) is 11.3 Å². The molecule has 14 heavy (non-hydrogen) atoms. The van der Waals surface area contributed by atoms with Crippen molar-refractivity contribution >= 4 is 10.0 Å². The topological polar surface area (TPSA) is 55.4 Å². The summed E-state index contributed by atoms with van der Waals surface area (Å²) in [5.74, 6) is 0. The quantitative estimate of drug-likeness (QED) is 0.697. The van der Waals surface area contributed by atoms with Gasteiger partial charge in [-0.15, -0.1) is 0 Å². The molecule has 1 atom stereocenters. The van der Waals surface area contributed by atoms with Gasteiger partial charge in [-0.2, -0.15) is 0 Å². The second kappa shape index (κ2) is 4.00. The highest BCUT2D eigenvalue weighted by Crippen LogP contribution is 2.15. The van der Waals surface area contributed by atoms with Crippen molar-refractivity contribution in [2.45, 2.75) is 30.6 Å². The molecule has 1 saturated heterocycles. The van der Waals surface area contributed by atoms with Crippen molar-refractivity contribution in [1.29, 1.82) is 0 Å². The molecule has 0 spiro atoms. The van der Waals surface area contributed by atoms with Crippen LogP contribution in [0.5, 0.6) is 0 Å². The number of hydrogen-bond acceptors (Lipinski definition) is 3. The lowest BCUT2D eigenvalue weighted by Gasteiger charge is -2.28. The van der Waals surface area contributed by atoms with Crippen LogP contribution in [0.2, 0.25) is 0 Å².